The zero-order chi connectivity index (χ0) is 30.2. The van der Waals surface area contributed by atoms with E-state index in [9.17, 15) is 19.2 Å². The number of fused-ring (bicyclic) bond motifs is 1. The summed E-state index contributed by atoms with van der Waals surface area (Å²) < 4.78 is 5.69. The lowest BCUT2D eigenvalue weighted by Crippen LogP contribution is -2.37. The van der Waals surface area contributed by atoms with Crippen molar-refractivity contribution in [1.82, 2.24) is 10.7 Å². The Balaban J connectivity index is 1.28. The van der Waals surface area contributed by atoms with Gasteiger partial charge in [-0.05, 0) is 60.9 Å². The standard InChI is InChI=1S/C34H32N4O5/c1-22-15-17-24(18-16-22)34(42)43-30-20-19-23-9-5-6-12-26(23)28(30)21-35-38-33(41)32(40)37-29-14-8-7-13-27(29)31(39)36-25-10-3-2-4-11-25/h5-9,12-21,25H,2-4,10-11H2,1H3,(H,36,39)(H,37,40)(H,38,41). The molecule has 3 N–H and O–H groups in total. The van der Waals surface area contributed by atoms with Gasteiger partial charge < -0.3 is 15.4 Å². The molecule has 1 saturated carbocycles. The molecule has 0 unspecified atom stereocenters. The van der Waals surface area contributed by atoms with Crippen LogP contribution in [0, 0.1) is 6.92 Å². The van der Waals surface area contributed by atoms with Crippen LogP contribution in [0.2, 0.25) is 0 Å². The van der Waals surface area contributed by atoms with Crippen LogP contribution in [-0.2, 0) is 9.59 Å². The number of nitrogens with one attached hydrogen (secondary N) is 3. The highest BCUT2D eigenvalue weighted by Gasteiger charge is 2.21. The molecule has 0 spiro atoms. The molecule has 0 bridgehead atoms. The Bertz CT molecular complexity index is 1690. The van der Waals surface area contributed by atoms with E-state index in [2.05, 4.69) is 21.2 Å². The van der Waals surface area contributed by atoms with Gasteiger partial charge in [-0.15, -0.1) is 0 Å². The lowest BCUT2D eigenvalue weighted by atomic mass is 9.95. The van der Waals surface area contributed by atoms with E-state index in [1.807, 2.05) is 49.4 Å². The number of aryl methyl sites for hydroxylation is 1. The van der Waals surface area contributed by atoms with Crippen LogP contribution in [0.4, 0.5) is 5.69 Å². The van der Waals surface area contributed by atoms with Gasteiger partial charge in [-0.1, -0.05) is 79.4 Å². The van der Waals surface area contributed by atoms with Crippen molar-refractivity contribution in [3.05, 3.63) is 107 Å². The summed E-state index contributed by atoms with van der Waals surface area (Å²) in [6.07, 6.45) is 6.47. The van der Waals surface area contributed by atoms with Crippen molar-refractivity contribution in [2.24, 2.45) is 5.10 Å². The van der Waals surface area contributed by atoms with Crippen LogP contribution in [0.5, 0.6) is 5.75 Å². The normalized spacial score (nSPS) is 13.4. The largest absolute Gasteiger partial charge is 0.422 e. The molecule has 0 aromatic heterocycles. The average Bonchev–Trinajstić information content (AvgIpc) is 3.02. The SMILES string of the molecule is Cc1ccc(C(=O)Oc2ccc3ccccc3c2C=NNC(=O)C(=O)Nc2ccccc2C(=O)NC2CCCCC2)cc1. The van der Waals surface area contributed by atoms with Gasteiger partial charge in [0.1, 0.15) is 5.75 Å². The minimum atomic E-state index is -1.03. The molecule has 4 aromatic carbocycles. The third-order valence-electron chi connectivity index (χ3n) is 7.35. The molecule has 1 aliphatic rings. The number of hydrogen-bond acceptors (Lipinski definition) is 6. The second-order valence-electron chi connectivity index (χ2n) is 10.5. The number of carbonyl (C=O) groups is 4. The van der Waals surface area contributed by atoms with Crippen molar-refractivity contribution < 1.29 is 23.9 Å². The van der Waals surface area contributed by atoms with Gasteiger partial charge in [0.2, 0.25) is 0 Å². The first-order chi connectivity index (χ1) is 20.9. The van der Waals surface area contributed by atoms with Gasteiger partial charge in [0.15, 0.2) is 0 Å². The van der Waals surface area contributed by atoms with Gasteiger partial charge >= 0.3 is 17.8 Å². The molecule has 0 radical (unpaired) electrons. The zero-order valence-corrected chi connectivity index (χ0v) is 23.8. The fourth-order valence-electron chi connectivity index (χ4n) is 5.03. The first kappa shape index (κ1) is 29.2. The Morgan fingerprint density at radius 2 is 1.53 bits per heavy atom. The molecule has 0 saturated heterocycles. The summed E-state index contributed by atoms with van der Waals surface area (Å²) in [6.45, 7) is 1.93. The fourth-order valence-corrected chi connectivity index (χ4v) is 5.03. The molecule has 218 valence electrons. The zero-order valence-electron chi connectivity index (χ0n) is 23.8. The molecule has 0 atom stereocenters. The van der Waals surface area contributed by atoms with Gasteiger partial charge in [0.25, 0.3) is 5.91 Å². The van der Waals surface area contributed by atoms with Crippen LogP contribution in [0.15, 0.2) is 90.0 Å². The Hall–Kier alpha value is -5.31. The van der Waals surface area contributed by atoms with Crippen LogP contribution in [-0.4, -0.2) is 35.9 Å². The quantitative estimate of drug-likeness (QED) is 0.0878. The van der Waals surface area contributed by atoms with E-state index in [0.29, 0.717) is 11.1 Å². The summed E-state index contributed by atoms with van der Waals surface area (Å²) in [5.41, 5.74) is 4.57. The molecule has 3 amide bonds. The van der Waals surface area contributed by atoms with Crippen LogP contribution in [0.1, 0.15) is 63.9 Å². The molecular weight excluding hydrogens is 544 g/mol. The molecule has 1 fully saturated rings. The van der Waals surface area contributed by atoms with E-state index in [1.165, 1.54) is 6.21 Å². The number of esters is 1. The minimum absolute atomic E-state index is 0.0952. The molecule has 9 heteroatoms. The summed E-state index contributed by atoms with van der Waals surface area (Å²) >= 11 is 0. The van der Waals surface area contributed by atoms with Gasteiger partial charge in [-0.25, -0.2) is 10.2 Å². The maximum absolute atomic E-state index is 12.9. The van der Waals surface area contributed by atoms with Crippen molar-refractivity contribution in [2.75, 3.05) is 5.32 Å². The second kappa shape index (κ2) is 13.6. The van der Waals surface area contributed by atoms with Crippen molar-refractivity contribution >= 4 is 46.4 Å². The molecule has 4 aromatic rings. The minimum Gasteiger partial charge on any atom is -0.422 e. The van der Waals surface area contributed by atoms with E-state index in [1.54, 1.807) is 42.5 Å². The van der Waals surface area contributed by atoms with E-state index in [-0.39, 0.29) is 28.9 Å². The lowest BCUT2D eigenvalue weighted by Gasteiger charge is -2.23. The smallest absolute Gasteiger partial charge is 0.343 e. The molecule has 1 aliphatic carbocycles. The van der Waals surface area contributed by atoms with Gasteiger partial charge in [0, 0.05) is 11.6 Å². The fraction of sp³-hybridized carbons (Fsp3) is 0.206. The summed E-state index contributed by atoms with van der Waals surface area (Å²) in [6, 6.07) is 24.5. The monoisotopic (exact) mass is 576 g/mol. The van der Waals surface area contributed by atoms with Gasteiger partial charge in [0.05, 0.1) is 23.0 Å². The maximum Gasteiger partial charge on any atom is 0.343 e. The lowest BCUT2D eigenvalue weighted by molar-refractivity contribution is -0.136. The first-order valence-corrected chi connectivity index (χ1v) is 14.2. The Kier molecular flexibility index (Phi) is 9.21. The molecular formula is C34H32N4O5. The number of amides is 3. The number of para-hydroxylation sites is 1. The van der Waals surface area contributed by atoms with Crippen LogP contribution in [0.3, 0.4) is 0 Å². The highest BCUT2D eigenvalue weighted by atomic mass is 16.5. The van der Waals surface area contributed by atoms with Gasteiger partial charge in [-0.3, -0.25) is 14.4 Å². The Morgan fingerprint density at radius 1 is 0.814 bits per heavy atom. The van der Waals surface area contributed by atoms with E-state index >= 15 is 0 Å². The third kappa shape index (κ3) is 7.32. The number of rotatable bonds is 7. The molecule has 9 nitrogen and oxygen atoms in total. The number of anilines is 1. The second-order valence-corrected chi connectivity index (χ2v) is 10.5. The predicted octanol–water partition coefficient (Wildman–Crippen LogP) is 5.52. The highest BCUT2D eigenvalue weighted by molar-refractivity contribution is 6.40. The predicted molar refractivity (Wildman–Crippen MR) is 165 cm³/mol. The van der Waals surface area contributed by atoms with Crippen molar-refractivity contribution in [2.45, 2.75) is 45.1 Å². The Labute approximate surface area is 249 Å². The molecule has 0 aliphatic heterocycles. The number of ether oxygens (including phenoxy) is 1. The maximum atomic E-state index is 12.9. The number of nitrogens with zero attached hydrogens (tertiary/aromatic N) is 1. The third-order valence-corrected chi connectivity index (χ3v) is 7.35. The van der Waals surface area contributed by atoms with E-state index < -0.39 is 17.8 Å². The molecule has 0 heterocycles. The summed E-state index contributed by atoms with van der Waals surface area (Å²) in [5.74, 6) is -2.62. The number of hydrazone groups is 1. The average molecular weight is 577 g/mol. The summed E-state index contributed by atoms with van der Waals surface area (Å²) in [4.78, 5) is 51.1. The van der Waals surface area contributed by atoms with Crippen molar-refractivity contribution in [3.63, 3.8) is 0 Å². The van der Waals surface area contributed by atoms with Crippen LogP contribution < -0.4 is 20.8 Å². The van der Waals surface area contributed by atoms with E-state index in [0.717, 1.165) is 48.4 Å². The number of hydrogen-bond donors (Lipinski definition) is 3. The Morgan fingerprint density at radius 3 is 2.33 bits per heavy atom. The number of benzene rings is 4. The highest BCUT2D eigenvalue weighted by Crippen LogP contribution is 2.27. The van der Waals surface area contributed by atoms with Crippen molar-refractivity contribution in [3.8, 4) is 5.75 Å². The van der Waals surface area contributed by atoms with Crippen LogP contribution in [0.25, 0.3) is 10.8 Å². The van der Waals surface area contributed by atoms with Gasteiger partial charge in [-0.2, -0.15) is 5.10 Å². The summed E-state index contributed by atoms with van der Waals surface area (Å²) in [7, 11) is 0. The molecule has 5 rings (SSSR count). The van der Waals surface area contributed by atoms with Crippen molar-refractivity contribution in [1.29, 1.82) is 0 Å². The summed E-state index contributed by atoms with van der Waals surface area (Å²) in [5, 5.41) is 11.1. The number of carbonyl (C=O) groups excluding carboxylic acids is 4. The van der Waals surface area contributed by atoms with Crippen LogP contribution >= 0.6 is 0 Å². The van der Waals surface area contributed by atoms with E-state index in [4.69, 9.17) is 4.74 Å². The first-order valence-electron chi connectivity index (χ1n) is 14.2. The molecule has 43 heavy (non-hydrogen) atoms. The topological polar surface area (TPSA) is 126 Å².